The zero-order valence-corrected chi connectivity index (χ0v) is 12.2. The SMILES string of the molecule is O=C(CC1CNc2ccccc21)NC1C2C3CCC(C3)C12. The molecule has 3 heteroatoms. The molecule has 110 valence electrons. The Morgan fingerprint density at radius 1 is 1.19 bits per heavy atom. The van der Waals surface area contributed by atoms with Crippen molar-refractivity contribution in [2.75, 3.05) is 11.9 Å². The summed E-state index contributed by atoms with van der Waals surface area (Å²) in [6, 6.07) is 8.90. The lowest BCUT2D eigenvalue weighted by atomic mass is 9.97. The molecule has 5 unspecified atom stereocenters. The van der Waals surface area contributed by atoms with Gasteiger partial charge in [0, 0.05) is 30.6 Å². The van der Waals surface area contributed by atoms with Gasteiger partial charge in [-0.25, -0.2) is 0 Å². The van der Waals surface area contributed by atoms with Gasteiger partial charge in [-0.3, -0.25) is 4.79 Å². The summed E-state index contributed by atoms with van der Waals surface area (Å²) in [5.41, 5.74) is 2.51. The van der Waals surface area contributed by atoms with Crippen LogP contribution >= 0.6 is 0 Å². The third-order valence-electron chi connectivity index (χ3n) is 6.43. The first-order chi connectivity index (χ1) is 10.3. The van der Waals surface area contributed by atoms with Crippen LogP contribution in [0, 0.1) is 23.7 Å². The zero-order valence-electron chi connectivity index (χ0n) is 12.2. The minimum Gasteiger partial charge on any atom is -0.384 e. The van der Waals surface area contributed by atoms with E-state index in [-0.39, 0.29) is 5.91 Å². The highest BCUT2D eigenvalue weighted by atomic mass is 16.1. The second kappa shape index (κ2) is 4.25. The zero-order chi connectivity index (χ0) is 14.0. The molecule has 1 aromatic carbocycles. The van der Waals surface area contributed by atoms with Gasteiger partial charge in [-0.05, 0) is 54.6 Å². The predicted molar refractivity (Wildman–Crippen MR) is 82.0 cm³/mol. The first-order valence-electron chi connectivity index (χ1n) is 8.43. The second-order valence-corrected chi connectivity index (χ2v) is 7.45. The summed E-state index contributed by atoms with van der Waals surface area (Å²) in [5.74, 6) is 4.13. The molecular formula is C18H22N2O. The number of nitrogens with one attached hydrogen (secondary N) is 2. The lowest BCUT2D eigenvalue weighted by Crippen LogP contribution is -2.31. The maximum absolute atomic E-state index is 12.4. The Hall–Kier alpha value is -1.51. The molecular weight excluding hydrogens is 260 g/mol. The van der Waals surface area contributed by atoms with Gasteiger partial charge >= 0.3 is 0 Å². The van der Waals surface area contributed by atoms with Gasteiger partial charge in [-0.1, -0.05) is 18.2 Å². The molecule has 3 aliphatic carbocycles. The van der Waals surface area contributed by atoms with Gasteiger partial charge in [0.2, 0.25) is 5.91 Å². The molecule has 5 rings (SSSR count). The Morgan fingerprint density at radius 2 is 1.95 bits per heavy atom. The van der Waals surface area contributed by atoms with Gasteiger partial charge in [-0.15, -0.1) is 0 Å². The molecule has 2 bridgehead atoms. The van der Waals surface area contributed by atoms with Gasteiger partial charge in [0.05, 0.1) is 0 Å². The van der Waals surface area contributed by atoms with Gasteiger partial charge in [0.15, 0.2) is 0 Å². The molecule has 3 saturated carbocycles. The molecule has 5 atom stereocenters. The van der Waals surface area contributed by atoms with Crippen molar-refractivity contribution in [1.82, 2.24) is 5.32 Å². The van der Waals surface area contributed by atoms with Crippen LogP contribution in [-0.4, -0.2) is 18.5 Å². The first kappa shape index (κ1) is 12.1. The van der Waals surface area contributed by atoms with Crippen molar-refractivity contribution in [3.05, 3.63) is 29.8 Å². The van der Waals surface area contributed by atoms with Gasteiger partial charge in [-0.2, -0.15) is 0 Å². The highest BCUT2D eigenvalue weighted by molar-refractivity contribution is 5.79. The minimum atomic E-state index is 0.261. The molecule has 1 aromatic rings. The Morgan fingerprint density at radius 3 is 2.76 bits per heavy atom. The lowest BCUT2D eigenvalue weighted by molar-refractivity contribution is -0.121. The van der Waals surface area contributed by atoms with E-state index in [4.69, 9.17) is 0 Å². The molecule has 0 saturated heterocycles. The van der Waals surface area contributed by atoms with Crippen LogP contribution in [0.1, 0.15) is 37.2 Å². The van der Waals surface area contributed by atoms with E-state index in [1.54, 1.807) is 0 Å². The maximum atomic E-state index is 12.4. The minimum absolute atomic E-state index is 0.261. The monoisotopic (exact) mass is 282 g/mol. The summed E-state index contributed by atoms with van der Waals surface area (Å²) in [5, 5.41) is 6.76. The fourth-order valence-corrected chi connectivity index (χ4v) is 5.53. The van der Waals surface area contributed by atoms with Crippen LogP contribution in [0.5, 0.6) is 0 Å². The topological polar surface area (TPSA) is 41.1 Å². The van der Waals surface area contributed by atoms with Crippen molar-refractivity contribution in [3.63, 3.8) is 0 Å². The van der Waals surface area contributed by atoms with E-state index >= 15 is 0 Å². The van der Waals surface area contributed by atoms with Crippen LogP contribution in [0.15, 0.2) is 24.3 Å². The Labute approximate surface area is 125 Å². The van der Waals surface area contributed by atoms with E-state index in [1.165, 1.54) is 30.5 Å². The molecule has 1 aliphatic heterocycles. The first-order valence-corrected chi connectivity index (χ1v) is 8.43. The molecule has 2 N–H and O–H groups in total. The number of carbonyl (C=O) groups is 1. The molecule has 0 aromatic heterocycles. The average Bonchev–Trinajstić information content (AvgIpc) is 2.89. The Kier molecular flexibility index (Phi) is 2.44. The smallest absolute Gasteiger partial charge is 0.220 e. The van der Waals surface area contributed by atoms with E-state index in [2.05, 4.69) is 34.9 Å². The molecule has 4 aliphatic rings. The van der Waals surface area contributed by atoms with E-state index in [0.717, 1.165) is 30.2 Å². The van der Waals surface area contributed by atoms with Crippen molar-refractivity contribution in [3.8, 4) is 0 Å². The summed E-state index contributed by atoms with van der Waals surface area (Å²) in [4.78, 5) is 12.4. The molecule has 1 amide bonds. The average molecular weight is 282 g/mol. The molecule has 3 nitrogen and oxygen atoms in total. The van der Waals surface area contributed by atoms with Crippen LogP contribution in [0.2, 0.25) is 0 Å². The fraction of sp³-hybridized carbons (Fsp3) is 0.611. The van der Waals surface area contributed by atoms with Gasteiger partial charge < -0.3 is 10.6 Å². The number of fused-ring (bicyclic) bond motifs is 6. The largest absolute Gasteiger partial charge is 0.384 e. The maximum Gasteiger partial charge on any atom is 0.220 e. The van der Waals surface area contributed by atoms with Crippen molar-refractivity contribution < 1.29 is 4.79 Å². The number of hydrogen-bond acceptors (Lipinski definition) is 2. The fourth-order valence-electron chi connectivity index (χ4n) is 5.53. The summed E-state index contributed by atoms with van der Waals surface area (Å²) in [7, 11) is 0. The second-order valence-electron chi connectivity index (χ2n) is 7.45. The van der Waals surface area contributed by atoms with E-state index in [1.807, 2.05) is 0 Å². The number of anilines is 1. The predicted octanol–water partition coefficient (Wildman–Crippen LogP) is 2.75. The van der Waals surface area contributed by atoms with Crippen molar-refractivity contribution in [2.45, 2.75) is 37.6 Å². The van der Waals surface area contributed by atoms with Gasteiger partial charge in [0.25, 0.3) is 0 Å². The number of rotatable bonds is 3. The van der Waals surface area contributed by atoms with Crippen LogP contribution in [0.25, 0.3) is 0 Å². The number of hydrogen-bond donors (Lipinski definition) is 2. The van der Waals surface area contributed by atoms with Crippen LogP contribution < -0.4 is 10.6 Å². The number of amides is 1. The number of benzene rings is 1. The number of carbonyl (C=O) groups excluding carboxylic acids is 1. The van der Waals surface area contributed by atoms with Crippen molar-refractivity contribution >= 4 is 11.6 Å². The summed E-state index contributed by atoms with van der Waals surface area (Å²) < 4.78 is 0. The summed E-state index contributed by atoms with van der Waals surface area (Å²) >= 11 is 0. The molecule has 0 radical (unpaired) electrons. The van der Waals surface area contributed by atoms with Crippen LogP contribution in [0.4, 0.5) is 5.69 Å². The molecule has 0 spiro atoms. The standard InChI is InChI=1S/C18H22N2O/c21-15(8-12-9-19-14-4-2-1-3-13(12)14)20-18-16-10-5-6-11(7-10)17(16)18/h1-4,10-12,16-19H,5-9H2,(H,20,21). The molecule has 3 fully saturated rings. The lowest BCUT2D eigenvalue weighted by Gasteiger charge is -2.13. The van der Waals surface area contributed by atoms with Crippen LogP contribution in [-0.2, 0) is 4.79 Å². The number of para-hydroxylation sites is 1. The Bertz CT molecular complexity index is 583. The summed E-state index contributed by atoms with van der Waals surface area (Å²) in [6.07, 6.45) is 4.91. The highest BCUT2D eigenvalue weighted by Crippen LogP contribution is 2.65. The van der Waals surface area contributed by atoms with E-state index in [9.17, 15) is 4.79 Å². The van der Waals surface area contributed by atoms with E-state index < -0.39 is 0 Å². The Balaban J connectivity index is 1.22. The van der Waals surface area contributed by atoms with Crippen molar-refractivity contribution in [1.29, 1.82) is 0 Å². The van der Waals surface area contributed by atoms with Crippen LogP contribution in [0.3, 0.4) is 0 Å². The van der Waals surface area contributed by atoms with Gasteiger partial charge in [0.1, 0.15) is 0 Å². The quantitative estimate of drug-likeness (QED) is 0.895. The molecule has 21 heavy (non-hydrogen) atoms. The van der Waals surface area contributed by atoms with E-state index in [0.29, 0.717) is 18.4 Å². The normalized spacial score (nSPS) is 41.3. The summed E-state index contributed by atoms with van der Waals surface area (Å²) in [6.45, 7) is 0.898. The molecule has 1 heterocycles. The third kappa shape index (κ3) is 1.76. The third-order valence-corrected chi connectivity index (χ3v) is 6.43. The highest BCUT2D eigenvalue weighted by Gasteiger charge is 2.65. The van der Waals surface area contributed by atoms with Crippen molar-refractivity contribution in [2.24, 2.45) is 23.7 Å².